The largest absolute Gasteiger partial charge is 0.573 e. The summed E-state index contributed by atoms with van der Waals surface area (Å²) in [4.78, 5) is 19.3. The van der Waals surface area contributed by atoms with Gasteiger partial charge in [-0.1, -0.05) is 23.7 Å². The average Bonchev–Trinajstić information content (AvgIpc) is 3.49. The van der Waals surface area contributed by atoms with Gasteiger partial charge >= 0.3 is 6.36 Å². The number of aromatic amines is 1. The Balaban J connectivity index is 1.32. The minimum absolute atomic E-state index is 0.0656. The molecule has 1 atom stereocenters. The van der Waals surface area contributed by atoms with E-state index in [1.165, 1.54) is 18.3 Å². The Hall–Kier alpha value is -3.99. The highest BCUT2D eigenvalue weighted by Crippen LogP contribution is 2.43. The van der Waals surface area contributed by atoms with Crippen molar-refractivity contribution < 1.29 is 22.6 Å². The fourth-order valence-corrected chi connectivity index (χ4v) is 5.18. The number of hydrogen-bond acceptors (Lipinski definition) is 7. The van der Waals surface area contributed by atoms with E-state index in [0.717, 1.165) is 66.2 Å². The highest BCUT2D eigenvalue weighted by Gasteiger charge is 2.34. The molecule has 1 fully saturated rings. The lowest BCUT2D eigenvalue weighted by Crippen LogP contribution is -2.38. The van der Waals surface area contributed by atoms with Crippen LogP contribution in [0.2, 0.25) is 5.15 Å². The summed E-state index contributed by atoms with van der Waals surface area (Å²) < 4.78 is 47.5. The van der Waals surface area contributed by atoms with Gasteiger partial charge in [0.25, 0.3) is 0 Å². The summed E-state index contributed by atoms with van der Waals surface area (Å²) in [5.41, 5.74) is 4.33. The summed E-state index contributed by atoms with van der Waals surface area (Å²) in [6.45, 7) is 1.84. The Morgan fingerprint density at radius 2 is 1.90 bits per heavy atom. The van der Waals surface area contributed by atoms with E-state index >= 15 is 0 Å². The number of nitrogens with zero attached hydrogens (tertiary/aromatic N) is 4. The van der Waals surface area contributed by atoms with Crippen molar-refractivity contribution >= 4 is 29.1 Å². The molecule has 0 unspecified atom stereocenters. The summed E-state index contributed by atoms with van der Waals surface area (Å²) in [6, 6.07) is 11.6. The Morgan fingerprint density at radius 3 is 2.54 bits per heavy atom. The number of imidazole rings is 1. The number of aromatic nitrogens is 4. The molecule has 0 bridgehead atoms. The van der Waals surface area contributed by atoms with Crippen molar-refractivity contribution in [1.82, 2.24) is 19.9 Å². The van der Waals surface area contributed by atoms with E-state index < -0.39 is 6.36 Å². The lowest BCUT2D eigenvalue weighted by atomic mass is 9.96. The minimum atomic E-state index is -4.73. The lowest BCUT2D eigenvalue weighted by molar-refractivity contribution is -0.274. The molecule has 202 valence electrons. The molecule has 2 aromatic heterocycles. The van der Waals surface area contributed by atoms with Gasteiger partial charge in [0.2, 0.25) is 5.95 Å². The zero-order valence-corrected chi connectivity index (χ0v) is 21.6. The Morgan fingerprint density at radius 1 is 1.10 bits per heavy atom. The molecule has 1 aliphatic carbocycles. The van der Waals surface area contributed by atoms with Gasteiger partial charge in [0, 0.05) is 36.3 Å². The molecular formula is C27H24ClF3N6O2. The van der Waals surface area contributed by atoms with Crippen molar-refractivity contribution in [2.75, 3.05) is 30.4 Å². The van der Waals surface area contributed by atoms with Crippen molar-refractivity contribution in [2.45, 2.75) is 31.5 Å². The normalized spacial score (nSPS) is 16.5. The van der Waals surface area contributed by atoms with E-state index in [2.05, 4.69) is 24.9 Å². The first-order valence-electron chi connectivity index (χ1n) is 12.4. The molecule has 1 saturated heterocycles. The van der Waals surface area contributed by atoms with E-state index in [-0.39, 0.29) is 11.7 Å². The number of halogens is 4. The third-order valence-corrected chi connectivity index (χ3v) is 7.15. The molecule has 8 nitrogen and oxygen atoms in total. The van der Waals surface area contributed by atoms with Crippen molar-refractivity contribution in [1.29, 1.82) is 0 Å². The number of H-pyrrole nitrogens is 1. The lowest BCUT2D eigenvalue weighted by Gasteiger charge is -2.33. The molecule has 2 aromatic carbocycles. The third kappa shape index (κ3) is 5.18. The molecule has 0 saturated carbocycles. The maximum absolute atomic E-state index is 12.6. The molecule has 3 heterocycles. The van der Waals surface area contributed by atoms with Gasteiger partial charge in [-0.25, -0.2) is 9.97 Å². The van der Waals surface area contributed by atoms with Crippen LogP contribution >= 0.6 is 11.6 Å². The first-order chi connectivity index (χ1) is 18.8. The van der Waals surface area contributed by atoms with Crippen LogP contribution in [0.15, 0.2) is 48.7 Å². The van der Waals surface area contributed by atoms with Crippen molar-refractivity contribution in [2.24, 2.45) is 0 Å². The van der Waals surface area contributed by atoms with Crippen LogP contribution < -0.4 is 19.7 Å². The molecule has 0 radical (unpaired) electrons. The van der Waals surface area contributed by atoms with E-state index in [1.54, 1.807) is 19.2 Å². The molecule has 2 aliphatic rings. The number of anilines is 3. The van der Waals surface area contributed by atoms with Crippen LogP contribution in [0.5, 0.6) is 11.5 Å². The zero-order valence-electron chi connectivity index (χ0n) is 20.8. The maximum atomic E-state index is 12.6. The van der Waals surface area contributed by atoms with E-state index in [4.69, 9.17) is 26.3 Å². The number of hydrogen-bond donors (Lipinski definition) is 2. The molecule has 2 N–H and O–H groups in total. The Kier molecular flexibility index (Phi) is 6.46. The number of fused-ring (bicyclic) bond motifs is 1. The van der Waals surface area contributed by atoms with Gasteiger partial charge in [-0.2, -0.15) is 4.98 Å². The number of methoxy groups -OCH3 is 1. The van der Waals surface area contributed by atoms with Gasteiger partial charge in [-0.05, 0) is 49.1 Å². The van der Waals surface area contributed by atoms with Crippen LogP contribution in [0.1, 0.15) is 35.6 Å². The standard InChI is InChI=1S/C27H24ClF3N6O2/c1-38-21-13-16(5-8-19(21)24-32-14-22(28)34-24)33-26-35-23-18(9-10-20(23)25(36-26)37-11-2-12-37)15-3-6-17(7-4-15)39-27(29,30)31/h3-8,13-14,18H,2,9-12H2,1H3,(H,32,34)(H,33,35,36)/t18-/m0/s1. The van der Waals surface area contributed by atoms with Crippen LogP contribution in [0.3, 0.4) is 0 Å². The number of nitrogens with one attached hydrogen (secondary N) is 2. The predicted octanol–water partition coefficient (Wildman–Crippen LogP) is 6.46. The monoisotopic (exact) mass is 556 g/mol. The molecule has 4 aromatic rings. The summed E-state index contributed by atoms with van der Waals surface area (Å²) in [5.74, 6) is 2.22. The fourth-order valence-electron chi connectivity index (χ4n) is 5.04. The minimum Gasteiger partial charge on any atom is -0.496 e. The van der Waals surface area contributed by atoms with Crippen LogP contribution in [0, 0.1) is 0 Å². The van der Waals surface area contributed by atoms with Crippen molar-refractivity contribution in [3.8, 4) is 22.9 Å². The van der Waals surface area contributed by atoms with Gasteiger partial charge in [-0.15, -0.1) is 13.2 Å². The smallest absolute Gasteiger partial charge is 0.496 e. The molecule has 6 rings (SSSR count). The topological polar surface area (TPSA) is 88.2 Å². The third-order valence-electron chi connectivity index (χ3n) is 6.96. The van der Waals surface area contributed by atoms with Crippen molar-refractivity contribution in [3.05, 3.63) is 70.6 Å². The van der Waals surface area contributed by atoms with E-state index in [0.29, 0.717) is 22.7 Å². The van der Waals surface area contributed by atoms with E-state index in [1.807, 2.05) is 18.2 Å². The summed E-state index contributed by atoms with van der Waals surface area (Å²) >= 11 is 5.99. The van der Waals surface area contributed by atoms with Gasteiger partial charge in [-0.3, -0.25) is 0 Å². The second-order valence-electron chi connectivity index (χ2n) is 9.40. The number of rotatable bonds is 7. The highest BCUT2D eigenvalue weighted by atomic mass is 35.5. The van der Waals surface area contributed by atoms with Gasteiger partial charge < -0.3 is 24.7 Å². The van der Waals surface area contributed by atoms with Crippen LogP contribution in [-0.2, 0) is 6.42 Å². The number of alkyl halides is 3. The molecule has 0 spiro atoms. The van der Waals surface area contributed by atoms with Crippen LogP contribution in [-0.4, -0.2) is 46.5 Å². The molecule has 12 heteroatoms. The first-order valence-corrected chi connectivity index (χ1v) is 12.8. The number of benzene rings is 2. The van der Waals surface area contributed by atoms with Crippen LogP contribution in [0.4, 0.5) is 30.6 Å². The molecule has 39 heavy (non-hydrogen) atoms. The first kappa shape index (κ1) is 25.3. The molecular weight excluding hydrogens is 533 g/mol. The molecule has 0 amide bonds. The SMILES string of the molecule is COc1cc(Nc2nc3c(c(N4CCC4)n2)CC[C@H]3c2ccc(OC(F)(F)F)cc2)ccc1-c1ncc(Cl)[nH]1. The zero-order chi connectivity index (χ0) is 27.1. The second-order valence-corrected chi connectivity index (χ2v) is 9.81. The second kappa shape index (κ2) is 9.96. The Labute approximate surface area is 227 Å². The maximum Gasteiger partial charge on any atom is 0.573 e. The number of ether oxygens (including phenoxy) is 2. The average molecular weight is 557 g/mol. The Bertz CT molecular complexity index is 1500. The summed E-state index contributed by atoms with van der Waals surface area (Å²) in [6.07, 6.45) is -0.511. The van der Waals surface area contributed by atoms with Crippen LogP contribution in [0.25, 0.3) is 11.4 Å². The fraction of sp³-hybridized carbons (Fsp3) is 0.296. The summed E-state index contributed by atoms with van der Waals surface area (Å²) in [5, 5.41) is 3.74. The van der Waals surface area contributed by atoms with Gasteiger partial charge in [0.05, 0.1) is 24.6 Å². The van der Waals surface area contributed by atoms with Crippen molar-refractivity contribution in [3.63, 3.8) is 0 Å². The quantitative estimate of drug-likeness (QED) is 0.270. The highest BCUT2D eigenvalue weighted by molar-refractivity contribution is 6.29. The predicted molar refractivity (Wildman–Crippen MR) is 141 cm³/mol. The summed E-state index contributed by atoms with van der Waals surface area (Å²) in [7, 11) is 1.58. The van der Waals surface area contributed by atoms with Gasteiger partial charge in [0.15, 0.2) is 0 Å². The molecule has 1 aliphatic heterocycles. The van der Waals surface area contributed by atoms with E-state index in [9.17, 15) is 13.2 Å². The van der Waals surface area contributed by atoms with Gasteiger partial charge in [0.1, 0.15) is 28.3 Å².